The molecule has 1 aliphatic carbocycles. The predicted molar refractivity (Wildman–Crippen MR) is 91.4 cm³/mol. The Kier molecular flexibility index (Phi) is 7.25. The van der Waals surface area contributed by atoms with Crippen molar-refractivity contribution in [3.8, 4) is 0 Å². The first-order chi connectivity index (χ1) is 10.3. The van der Waals surface area contributed by atoms with E-state index >= 15 is 0 Å². The Morgan fingerprint density at radius 2 is 2.00 bits per heavy atom. The monoisotopic (exact) mass is 288 g/mol. The van der Waals surface area contributed by atoms with E-state index in [1.807, 2.05) is 0 Å². The number of nitrogens with zero attached hydrogens (tertiary/aromatic N) is 1. The molecule has 2 atom stereocenters. The molecule has 21 heavy (non-hydrogen) atoms. The van der Waals surface area contributed by atoms with Crippen molar-refractivity contribution >= 4 is 0 Å². The lowest BCUT2D eigenvalue weighted by Crippen LogP contribution is -2.35. The largest absolute Gasteiger partial charge is 0.314 e. The summed E-state index contributed by atoms with van der Waals surface area (Å²) >= 11 is 0. The van der Waals surface area contributed by atoms with Gasteiger partial charge in [0.25, 0.3) is 0 Å². The van der Waals surface area contributed by atoms with E-state index in [0.717, 1.165) is 18.5 Å². The van der Waals surface area contributed by atoms with E-state index in [0.29, 0.717) is 0 Å². The Bertz CT molecular complexity index is 376. The van der Waals surface area contributed by atoms with E-state index < -0.39 is 0 Å². The maximum Gasteiger partial charge on any atom is 0.0230 e. The van der Waals surface area contributed by atoms with Gasteiger partial charge in [-0.2, -0.15) is 0 Å². The summed E-state index contributed by atoms with van der Waals surface area (Å²) in [5.74, 6) is 0.969. The van der Waals surface area contributed by atoms with Crippen molar-refractivity contribution in [3.63, 3.8) is 0 Å². The Balaban J connectivity index is 1.57. The molecular weight excluding hydrogens is 256 g/mol. The van der Waals surface area contributed by atoms with Gasteiger partial charge < -0.3 is 10.2 Å². The summed E-state index contributed by atoms with van der Waals surface area (Å²) in [6.07, 6.45) is 8.26. The number of hydrogen-bond acceptors (Lipinski definition) is 2. The van der Waals surface area contributed by atoms with Crippen molar-refractivity contribution in [2.45, 2.75) is 58.0 Å². The van der Waals surface area contributed by atoms with Gasteiger partial charge in [0.05, 0.1) is 0 Å². The molecule has 1 fully saturated rings. The highest BCUT2D eigenvalue weighted by atomic mass is 15.1. The molecule has 1 N–H and O–H groups in total. The lowest BCUT2D eigenvalue weighted by atomic mass is 9.84. The van der Waals surface area contributed by atoms with Crippen LogP contribution >= 0.6 is 0 Å². The molecule has 0 aliphatic heterocycles. The molecule has 1 aromatic carbocycles. The van der Waals surface area contributed by atoms with Crippen LogP contribution in [-0.4, -0.2) is 31.1 Å². The van der Waals surface area contributed by atoms with Crippen LogP contribution in [0.5, 0.6) is 0 Å². The fourth-order valence-corrected chi connectivity index (χ4v) is 3.48. The SMILES string of the molecule is CCC1CCCC(NCCCN(C)Cc2ccccc2)C1. The second kappa shape index (κ2) is 9.22. The van der Waals surface area contributed by atoms with Crippen LogP contribution in [-0.2, 0) is 6.54 Å². The predicted octanol–water partition coefficient (Wildman–Crippen LogP) is 4.07. The minimum atomic E-state index is 0.781. The first-order valence-electron chi connectivity index (χ1n) is 8.73. The first kappa shape index (κ1) is 16.5. The Hall–Kier alpha value is -0.860. The number of rotatable bonds is 8. The lowest BCUT2D eigenvalue weighted by molar-refractivity contribution is 0.269. The topological polar surface area (TPSA) is 15.3 Å². The van der Waals surface area contributed by atoms with Crippen molar-refractivity contribution in [1.29, 1.82) is 0 Å². The van der Waals surface area contributed by atoms with Gasteiger partial charge >= 0.3 is 0 Å². The molecule has 0 amide bonds. The highest BCUT2D eigenvalue weighted by molar-refractivity contribution is 5.14. The Morgan fingerprint density at radius 1 is 1.19 bits per heavy atom. The third-order valence-electron chi connectivity index (χ3n) is 4.81. The minimum absolute atomic E-state index is 0.781. The smallest absolute Gasteiger partial charge is 0.0230 e. The number of nitrogens with one attached hydrogen (secondary N) is 1. The van der Waals surface area contributed by atoms with E-state index in [9.17, 15) is 0 Å². The van der Waals surface area contributed by atoms with Crippen molar-refractivity contribution in [1.82, 2.24) is 10.2 Å². The molecule has 0 radical (unpaired) electrons. The number of hydrogen-bond donors (Lipinski definition) is 1. The van der Waals surface area contributed by atoms with Gasteiger partial charge in [0.2, 0.25) is 0 Å². The van der Waals surface area contributed by atoms with Gasteiger partial charge in [-0.25, -0.2) is 0 Å². The zero-order valence-corrected chi connectivity index (χ0v) is 13.9. The molecule has 0 heterocycles. The molecule has 1 aliphatic rings. The summed E-state index contributed by atoms with van der Waals surface area (Å²) in [5.41, 5.74) is 1.41. The molecule has 0 spiro atoms. The highest BCUT2D eigenvalue weighted by Crippen LogP contribution is 2.26. The zero-order chi connectivity index (χ0) is 14.9. The van der Waals surface area contributed by atoms with Crippen molar-refractivity contribution in [2.24, 2.45) is 5.92 Å². The third-order valence-corrected chi connectivity index (χ3v) is 4.81. The summed E-state index contributed by atoms with van der Waals surface area (Å²) in [7, 11) is 2.22. The van der Waals surface area contributed by atoms with Gasteiger partial charge in [-0.15, -0.1) is 0 Å². The van der Waals surface area contributed by atoms with Crippen LogP contribution < -0.4 is 5.32 Å². The maximum atomic E-state index is 3.78. The standard InChI is InChI=1S/C19H32N2/c1-3-17-11-7-12-19(15-17)20-13-8-14-21(2)16-18-9-5-4-6-10-18/h4-6,9-10,17,19-20H,3,7-8,11-16H2,1-2H3. The molecule has 0 bridgehead atoms. The van der Waals surface area contributed by atoms with Gasteiger partial charge in [-0.3, -0.25) is 0 Å². The minimum Gasteiger partial charge on any atom is -0.314 e. The summed E-state index contributed by atoms with van der Waals surface area (Å²) < 4.78 is 0. The second-order valence-corrected chi connectivity index (χ2v) is 6.67. The van der Waals surface area contributed by atoms with Crippen LogP contribution in [0.25, 0.3) is 0 Å². The number of benzene rings is 1. The first-order valence-corrected chi connectivity index (χ1v) is 8.73. The van der Waals surface area contributed by atoms with E-state index in [1.54, 1.807) is 0 Å². The van der Waals surface area contributed by atoms with Gasteiger partial charge in [0.15, 0.2) is 0 Å². The van der Waals surface area contributed by atoms with Crippen LogP contribution in [0.2, 0.25) is 0 Å². The molecule has 2 unspecified atom stereocenters. The van der Waals surface area contributed by atoms with Crippen LogP contribution in [0.3, 0.4) is 0 Å². The average Bonchev–Trinajstić information content (AvgIpc) is 2.53. The fourth-order valence-electron chi connectivity index (χ4n) is 3.48. The summed E-state index contributed by atoms with van der Waals surface area (Å²) in [6, 6.07) is 11.5. The van der Waals surface area contributed by atoms with Crippen molar-refractivity contribution < 1.29 is 0 Å². The fraction of sp³-hybridized carbons (Fsp3) is 0.684. The van der Waals surface area contributed by atoms with Crippen LogP contribution in [0.1, 0.15) is 51.0 Å². The van der Waals surface area contributed by atoms with Gasteiger partial charge in [-0.05, 0) is 50.9 Å². The molecule has 0 aromatic heterocycles. The lowest BCUT2D eigenvalue weighted by Gasteiger charge is -2.29. The molecular formula is C19H32N2. The molecule has 2 heteroatoms. The van der Waals surface area contributed by atoms with Gasteiger partial charge in [0, 0.05) is 12.6 Å². The van der Waals surface area contributed by atoms with E-state index in [-0.39, 0.29) is 0 Å². The van der Waals surface area contributed by atoms with E-state index in [4.69, 9.17) is 0 Å². The zero-order valence-electron chi connectivity index (χ0n) is 13.9. The van der Waals surface area contributed by atoms with Crippen LogP contribution in [0.4, 0.5) is 0 Å². The van der Waals surface area contributed by atoms with Gasteiger partial charge in [0.1, 0.15) is 0 Å². The molecule has 0 saturated heterocycles. The molecule has 2 nitrogen and oxygen atoms in total. The Labute approximate surface area is 130 Å². The molecule has 2 rings (SSSR count). The van der Waals surface area contributed by atoms with Crippen LogP contribution in [0, 0.1) is 5.92 Å². The quantitative estimate of drug-likeness (QED) is 0.726. The second-order valence-electron chi connectivity index (χ2n) is 6.67. The normalized spacial score (nSPS) is 22.6. The molecule has 1 saturated carbocycles. The maximum absolute atomic E-state index is 3.78. The third kappa shape index (κ3) is 6.19. The van der Waals surface area contributed by atoms with Crippen molar-refractivity contribution in [2.75, 3.05) is 20.1 Å². The Morgan fingerprint density at radius 3 is 2.76 bits per heavy atom. The highest BCUT2D eigenvalue weighted by Gasteiger charge is 2.19. The van der Waals surface area contributed by atoms with E-state index in [2.05, 4.69) is 54.5 Å². The average molecular weight is 288 g/mol. The summed E-state index contributed by atoms with van der Waals surface area (Å²) in [4.78, 5) is 2.42. The van der Waals surface area contributed by atoms with Gasteiger partial charge in [-0.1, -0.05) is 56.5 Å². The van der Waals surface area contributed by atoms with E-state index in [1.165, 1.54) is 57.2 Å². The molecule has 1 aromatic rings. The van der Waals surface area contributed by atoms with Crippen molar-refractivity contribution in [3.05, 3.63) is 35.9 Å². The summed E-state index contributed by atoms with van der Waals surface area (Å²) in [6.45, 7) is 5.74. The summed E-state index contributed by atoms with van der Waals surface area (Å²) in [5, 5.41) is 3.78. The van der Waals surface area contributed by atoms with Crippen LogP contribution in [0.15, 0.2) is 30.3 Å². The molecule has 118 valence electrons.